The molecule has 0 unspecified atom stereocenters. The topological polar surface area (TPSA) is 108 Å². The van der Waals surface area contributed by atoms with Gasteiger partial charge < -0.3 is 15.4 Å². The lowest BCUT2D eigenvalue weighted by atomic mass is 10.0. The minimum atomic E-state index is -4.55. The number of rotatable bonds is 5. The minimum Gasteiger partial charge on any atom is -0.465 e. The molecule has 3 aromatic rings. The molecule has 1 amide bonds. The number of nitrogens with one attached hydrogen (secondary N) is 2. The first-order chi connectivity index (χ1) is 14.5. The number of pyridine rings is 1. The van der Waals surface area contributed by atoms with Crippen molar-refractivity contribution < 1.29 is 31.9 Å². The van der Waals surface area contributed by atoms with Crippen LogP contribution in [0.3, 0.4) is 0 Å². The Bertz CT molecular complexity index is 1160. The summed E-state index contributed by atoms with van der Waals surface area (Å²) in [5, 5.41) is 10.8. The van der Waals surface area contributed by atoms with Gasteiger partial charge in [0.15, 0.2) is 0 Å². The van der Waals surface area contributed by atoms with Crippen LogP contribution in [0.15, 0.2) is 47.4 Å². The molecule has 3 rings (SSSR count). The van der Waals surface area contributed by atoms with Gasteiger partial charge in [-0.3, -0.25) is 4.98 Å². The molecule has 162 valence electrons. The van der Waals surface area contributed by atoms with Gasteiger partial charge in [0.05, 0.1) is 17.0 Å². The van der Waals surface area contributed by atoms with E-state index in [0.717, 1.165) is 30.5 Å². The monoisotopic (exact) mass is 440 g/mol. The van der Waals surface area contributed by atoms with E-state index in [9.17, 15) is 31.5 Å². The van der Waals surface area contributed by atoms with Crippen molar-refractivity contribution in [2.45, 2.75) is 19.1 Å². The van der Waals surface area contributed by atoms with Crippen molar-refractivity contribution >= 4 is 6.09 Å². The number of hydrogen-bond donors (Lipinski definition) is 3. The van der Waals surface area contributed by atoms with E-state index in [1.165, 1.54) is 12.1 Å². The summed E-state index contributed by atoms with van der Waals surface area (Å²) in [6.45, 7) is -0.222. The highest BCUT2D eigenvalue weighted by Gasteiger charge is 2.30. The molecule has 12 heteroatoms. The highest BCUT2D eigenvalue weighted by atomic mass is 19.4. The average Bonchev–Trinajstić information content (AvgIpc) is 2.71. The molecule has 7 nitrogen and oxygen atoms in total. The summed E-state index contributed by atoms with van der Waals surface area (Å²) in [4.78, 5) is 32.3. The van der Waals surface area contributed by atoms with E-state index in [1.807, 2.05) is 0 Å². The zero-order valence-corrected chi connectivity index (χ0v) is 15.4. The number of carboxylic acid groups (broad SMARTS) is 1. The molecule has 0 atom stereocenters. The summed E-state index contributed by atoms with van der Waals surface area (Å²) in [5.41, 5.74) is -2.39. The van der Waals surface area contributed by atoms with Crippen LogP contribution in [0.4, 0.5) is 26.7 Å². The summed E-state index contributed by atoms with van der Waals surface area (Å²) in [6.07, 6.45) is -7.83. The zero-order chi connectivity index (χ0) is 22.8. The Morgan fingerprint density at radius 2 is 1.84 bits per heavy atom. The number of benzene rings is 1. The Morgan fingerprint density at radius 1 is 1.16 bits per heavy atom. The fourth-order valence-electron chi connectivity index (χ4n) is 2.76. The van der Waals surface area contributed by atoms with E-state index in [0.29, 0.717) is 0 Å². The van der Waals surface area contributed by atoms with Crippen molar-refractivity contribution in [2.24, 2.45) is 0 Å². The Balaban J connectivity index is 2.07. The Labute approximate surface area is 170 Å². The van der Waals surface area contributed by atoms with Gasteiger partial charge in [0.25, 0.3) is 6.43 Å². The zero-order valence-electron chi connectivity index (χ0n) is 15.4. The van der Waals surface area contributed by atoms with Gasteiger partial charge in [-0.1, -0.05) is 12.1 Å². The molecule has 0 aliphatic heterocycles. The number of amides is 1. The van der Waals surface area contributed by atoms with Gasteiger partial charge in [0.1, 0.15) is 5.69 Å². The third kappa shape index (κ3) is 5.21. The molecule has 0 saturated carbocycles. The fourth-order valence-corrected chi connectivity index (χ4v) is 2.76. The molecule has 0 aliphatic rings. The van der Waals surface area contributed by atoms with Crippen LogP contribution in [0, 0.1) is 0 Å². The quantitative estimate of drug-likeness (QED) is 0.515. The van der Waals surface area contributed by atoms with Crippen LogP contribution in [0.5, 0.6) is 0 Å². The Morgan fingerprint density at radius 3 is 2.42 bits per heavy atom. The standard InChI is InChI=1S/C19H13F5N4O3/c20-16(21)15-12(5-9(7-25-15)8-26-18(30)31)14-6-13(27-17(29)28-14)10-1-3-11(4-2-10)19(22,23)24/h1-7,16,26H,8H2,(H,30,31)(H,27,28,29). The summed E-state index contributed by atoms with van der Waals surface area (Å²) in [7, 11) is 0. The number of alkyl halides is 5. The van der Waals surface area contributed by atoms with E-state index >= 15 is 0 Å². The van der Waals surface area contributed by atoms with E-state index in [2.05, 4.69) is 20.3 Å². The van der Waals surface area contributed by atoms with E-state index < -0.39 is 35.6 Å². The first-order valence-electron chi connectivity index (χ1n) is 8.57. The fraction of sp³-hybridized carbons (Fsp3) is 0.158. The predicted molar refractivity (Wildman–Crippen MR) is 98.3 cm³/mol. The summed E-state index contributed by atoms with van der Waals surface area (Å²) < 4.78 is 65.2. The van der Waals surface area contributed by atoms with Crippen LogP contribution in [0.1, 0.15) is 23.2 Å². The molecule has 0 aliphatic carbocycles. The molecule has 31 heavy (non-hydrogen) atoms. The van der Waals surface area contributed by atoms with E-state index in [-0.39, 0.29) is 34.6 Å². The van der Waals surface area contributed by atoms with Crippen LogP contribution >= 0.6 is 0 Å². The van der Waals surface area contributed by atoms with Gasteiger partial charge in [-0.25, -0.2) is 18.4 Å². The molecule has 2 heterocycles. The molecule has 0 radical (unpaired) electrons. The molecule has 2 aromatic heterocycles. The van der Waals surface area contributed by atoms with Crippen LogP contribution in [-0.4, -0.2) is 26.2 Å². The Kier molecular flexibility index (Phi) is 5.99. The maximum Gasteiger partial charge on any atom is 0.416 e. The summed E-state index contributed by atoms with van der Waals surface area (Å²) >= 11 is 0. The molecule has 0 bridgehead atoms. The highest BCUT2D eigenvalue weighted by Crippen LogP contribution is 2.32. The van der Waals surface area contributed by atoms with Crippen LogP contribution in [0.2, 0.25) is 0 Å². The number of H-pyrrole nitrogens is 1. The third-order valence-electron chi connectivity index (χ3n) is 4.17. The third-order valence-corrected chi connectivity index (χ3v) is 4.17. The first kappa shape index (κ1) is 21.9. The number of aromatic nitrogens is 3. The van der Waals surface area contributed by atoms with Gasteiger partial charge in [-0.2, -0.15) is 18.2 Å². The van der Waals surface area contributed by atoms with Gasteiger partial charge >= 0.3 is 18.0 Å². The minimum absolute atomic E-state index is 0.0400. The molecular formula is C19H13F5N4O3. The van der Waals surface area contributed by atoms with Gasteiger partial charge in [0.2, 0.25) is 0 Å². The molecule has 0 saturated heterocycles. The SMILES string of the molecule is O=C(O)NCc1cnc(C(F)F)c(-c2cc(-c3ccc(C(F)(F)F)cc3)nc(=O)[nH]2)c1. The van der Waals surface area contributed by atoms with Gasteiger partial charge in [-0.15, -0.1) is 0 Å². The van der Waals surface area contributed by atoms with Crippen molar-refractivity contribution in [1.82, 2.24) is 20.3 Å². The average molecular weight is 440 g/mol. The summed E-state index contributed by atoms with van der Waals surface area (Å²) in [5.74, 6) is 0. The number of halogens is 5. The number of aromatic amines is 1. The predicted octanol–water partition coefficient (Wildman–Crippen LogP) is 4.22. The second-order valence-corrected chi connectivity index (χ2v) is 6.30. The Hall–Kier alpha value is -3.83. The van der Waals surface area contributed by atoms with E-state index in [1.54, 1.807) is 0 Å². The van der Waals surface area contributed by atoms with Crippen molar-refractivity contribution in [2.75, 3.05) is 0 Å². The highest BCUT2D eigenvalue weighted by molar-refractivity contribution is 5.70. The number of hydrogen-bond acceptors (Lipinski definition) is 4. The van der Waals surface area contributed by atoms with Crippen LogP contribution in [0.25, 0.3) is 22.5 Å². The lowest BCUT2D eigenvalue weighted by Gasteiger charge is -2.12. The van der Waals surface area contributed by atoms with Crippen LogP contribution in [-0.2, 0) is 12.7 Å². The van der Waals surface area contributed by atoms with Gasteiger partial charge in [-0.05, 0) is 29.8 Å². The van der Waals surface area contributed by atoms with Crippen molar-refractivity contribution in [1.29, 1.82) is 0 Å². The second-order valence-electron chi connectivity index (χ2n) is 6.30. The lowest BCUT2D eigenvalue weighted by molar-refractivity contribution is -0.137. The lowest BCUT2D eigenvalue weighted by Crippen LogP contribution is -2.20. The second kappa shape index (κ2) is 8.50. The van der Waals surface area contributed by atoms with Crippen LogP contribution < -0.4 is 11.0 Å². The van der Waals surface area contributed by atoms with E-state index in [4.69, 9.17) is 5.11 Å². The molecule has 1 aromatic carbocycles. The molecule has 3 N–H and O–H groups in total. The maximum atomic E-state index is 13.5. The summed E-state index contributed by atoms with van der Waals surface area (Å²) in [6, 6.07) is 6.28. The van der Waals surface area contributed by atoms with Gasteiger partial charge in [0, 0.05) is 23.9 Å². The largest absolute Gasteiger partial charge is 0.465 e. The van der Waals surface area contributed by atoms with Crippen molar-refractivity contribution in [3.05, 3.63) is 69.9 Å². The number of carbonyl (C=O) groups is 1. The smallest absolute Gasteiger partial charge is 0.416 e. The first-order valence-corrected chi connectivity index (χ1v) is 8.57. The normalized spacial score (nSPS) is 11.5. The van der Waals surface area contributed by atoms with Crippen molar-refractivity contribution in [3.8, 4) is 22.5 Å². The number of nitrogens with zero attached hydrogens (tertiary/aromatic N) is 2. The van der Waals surface area contributed by atoms with Crippen molar-refractivity contribution in [3.63, 3.8) is 0 Å². The maximum absolute atomic E-state index is 13.5. The molecule has 0 fully saturated rings. The molecular weight excluding hydrogens is 427 g/mol. The molecule has 0 spiro atoms.